The summed E-state index contributed by atoms with van der Waals surface area (Å²) < 4.78 is 38.7. The van der Waals surface area contributed by atoms with Crippen molar-refractivity contribution in [3.63, 3.8) is 0 Å². The molecular weight excluding hydrogens is 201 g/mol. The number of halogens is 4. The quantitative estimate of drug-likeness (QED) is 0.516. The Morgan fingerprint density at radius 1 is 1.36 bits per heavy atom. The number of hydrogen-bond acceptors (Lipinski definition) is 2. The third kappa shape index (κ3) is 6.12. The first-order chi connectivity index (χ1) is 5.04. The van der Waals surface area contributed by atoms with Gasteiger partial charge in [0.2, 0.25) is 0 Å². The molecule has 0 saturated carbocycles. The zero-order chi connectivity index (χ0) is 8.85. The Morgan fingerprint density at radius 3 is 2.27 bits per heavy atom. The minimum absolute atomic E-state index is 0.272. The molecule has 0 aliphatic carbocycles. The molecule has 0 aromatic rings. The number of hydrogen-bond donors (Lipinski definition) is 0. The van der Waals surface area contributed by atoms with Gasteiger partial charge in [0.05, 0.1) is 6.61 Å². The number of rotatable bonds is 3. The molecule has 0 fully saturated rings. The smallest absolute Gasteiger partial charge is 0.301 e. The first kappa shape index (κ1) is 10.7. The molecule has 0 spiro atoms. The van der Waals surface area contributed by atoms with Crippen molar-refractivity contribution < 1.29 is 17.9 Å². The highest BCUT2D eigenvalue weighted by Crippen LogP contribution is 2.12. The van der Waals surface area contributed by atoms with Crippen molar-refractivity contribution in [1.29, 1.82) is 0 Å². The highest BCUT2D eigenvalue weighted by atomic mass is 35.5. The van der Waals surface area contributed by atoms with Gasteiger partial charge in [0, 0.05) is 6.42 Å². The molecule has 0 saturated heterocycles. The fourth-order valence-electron chi connectivity index (χ4n) is 0.315. The van der Waals surface area contributed by atoms with E-state index in [2.05, 4.69) is 17.0 Å². The van der Waals surface area contributed by atoms with Crippen LogP contribution >= 0.6 is 23.8 Å². The van der Waals surface area contributed by atoms with E-state index >= 15 is 0 Å². The second-order valence-electron chi connectivity index (χ2n) is 1.50. The summed E-state index contributed by atoms with van der Waals surface area (Å²) in [4.78, 5) is 0. The lowest BCUT2D eigenvalue weighted by Crippen LogP contribution is -1.96. The molecule has 0 heterocycles. The lowest BCUT2D eigenvalue weighted by molar-refractivity contribution is 0.296. The molecular formula is C5H4ClF3OS. The largest absolute Gasteiger partial charge is 0.474 e. The lowest BCUT2D eigenvalue weighted by Gasteiger charge is -1.98. The summed E-state index contributed by atoms with van der Waals surface area (Å²) in [6.45, 7) is -0.272. The van der Waals surface area contributed by atoms with Crippen molar-refractivity contribution in [3.05, 3.63) is 11.9 Å². The van der Waals surface area contributed by atoms with E-state index in [-0.39, 0.29) is 11.1 Å². The molecule has 0 unspecified atom stereocenters. The van der Waals surface area contributed by atoms with Crippen LogP contribution in [-0.2, 0) is 4.74 Å². The molecule has 0 aromatic carbocycles. The fraction of sp³-hybridized carbons (Fsp3) is 0.400. The molecule has 0 rings (SSSR count). The van der Waals surface area contributed by atoms with Crippen molar-refractivity contribution in [1.82, 2.24) is 0 Å². The van der Waals surface area contributed by atoms with E-state index in [0.717, 1.165) is 0 Å². The van der Waals surface area contributed by atoms with Gasteiger partial charge in [-0.05, 0) is 23.8 Å². The lowest BCUT2D eigenvalue weighted by atomic mass is 10.4. The standard InChI is InChI=1S/C5H4ClF3OS/c6-5(11)10-2-1-3(7)4(8)9/h1-2H2. The van der Waals surface area contributed by atoms with E-state index in [1.807, 2.05) is 0 Å². The molecule has 0 amide bonds. The van der Waals surface area contributed by atoms with Crippen molar-refractivity contribution in [2.45, 2.75) is 6.42 Å². The van der Waals surface area contributed by atoms with Gasteiger partial charge >= 0.3 is 6.08 Å². The highest BCUT2D eigenvalue weighted by molar-refractivity contribution is 7.82. The van der Waals surface area contributed by atoms with Gasteiger partial charge in [-0.3, -0.25) is 0 Å². The maximum Gasteiger partial charge on any atom is 0.301 e. The summed E-state index contributed by atoms with van der Waals surface area (Å²) in [5.41, 5.74) is 0. The minimum Gasteiger partial charge on any atom is -0.474 e. The Kier molecular flexibility index (Phi) is 5.23. The van der Waals surface area contributed by atoms with Gasteiger partial charge in [-0.2, -0.15) is 8.78 Å². The van der Waals surface area contributed by atoms with Gasteiger partial charge < -0.3 is 4.74 Å². The summed E-state index contributed by atoms with van der Waals surface area (Å²) in [7, 11) is 0. The molecule has 0 radical (unpaired) electrons. The van der Waals surface area contributed by atoms with Crippen LogP contribution in [0, 0.1) is 0 Å². The van der Waals surface area contributed by atoms with Crippen LogP contribution in [0.25, 0.3) is 0 Å². The van der Waals surface area contributed by atoms with Crippen molar-refractivity contribution >= 4 is 28.3 Å². The second kappa shape index (κ2) is 5.37. The summed E-state index contributed by atoms with van der Waals surface area (Å²) in [5, 5.41) is 0. The SMILES string of the molecule is FC(F)=C(F)CCOC(=S)Cl. The Bertz CT molecular complexity index is 179. The Labute approximate surface area is 71.8 Å². The van der Waals surface area contributed by atoms with Crippen molar-refractivity contribution in [3.8, 4) is 0 Å². The monoisotopic (exact) mass is 204 g/mol. The zero-order valence-corrected chi connectivity index (χ0v) is 6.81. The molecule has 0 N–H and O–H groups in total. The van der Waals surface area contributed by atoms with Gasteiger partial charge in [0.15, 0.2) is 5.83 Å². The predicted molar refractivity (Wildman–Crippen MR) is 39.4 cm³/mol. The molecule has 0 aromatic heterocycles. The predicted octanol–water partition coefficient (Wildman–Crippen LogP) is 2.99. The molecule has 64 valence electrons. The van der Waals surface area contributed by atoms with Crippen LogP contribution in [0.2, 0.25) is 0 Å². The van der Waals surface area contributed by atoms with Crippen LogP contribution in [0.4, 0.5) is 13.2 Å². The van der Waals surface area contributed by atoms with Gasteiger partial charge in [0.1, 0.15) is 0 Å². The molecule has 1 nitrogen and oxygen atoms in total. The van der Waals surface area contributed by atoms with E-state index in [4.69, 9.17) is 11.6 Å². The average Bonchev–Trinajstić information content (AvgIpc) is 1.86. The van der Waals surface area contributed by atoms with Crippen LogP contribution in [0.15, 0.2) is 11.9 Å². The summed E-state index contributed by atoms with van der Waals surface area (Å²) in [5.74, 6) is -1.50. The first-order valence-electron chi connectivity index (χ1n) is 2.56. The average molecular weight is 205 g/mol. The third-order valence-corrected chi connectivity index (χ3v) is 0.969. The first-order valence-corrected chi connectivity index (χ1v) is 3.34. The van der Waals surface area contributed by atoms with E-state index in [9.17, 15) is 13.2 Å². The van der Waals surface area contributed by atoms with E-state index in [0.29, 0.717) is 0 Å². The van der Waals surface area contributed by atoms with Crippen LogP contribution < -0.4 is 0 Å². The van der Waals surface area contributed by atoms with Crippen LogP contribution in [-0.4, -0.2) is 11.1 Å². The molecule has 6 heteroatoms. The molecule has 0 aliphatic rings. The van der Waals surface area contributed by atoms with Gasteiger partial charge in [-0.25, -0.2) is 4.39 Å². The molecule has 0 atom stereocenters. The van der Waals surface area contributed by atoms with Crippen LogP contribution in [0.1, 0.15) is 6.42 Å². The maximum atomic E-state index is 11.9. The molecule has 11 heavy (non-hydrogen) atoms. The van der Waals surface area contributed by atoms with Crippen LogP contribution in [0.3, 0.4) is 0 Å². The Morgan fingerprint density at radius 2 is 1.91 bits per heavy atom. The zero-order valence-electron chi connectivity index (χ0n) is 5.24. The minimum atomic E-state index is -2.34. The maximum absolute atomic E-state index is 11.9. The molecule has 0 bridgehead atoms. The second-order valence-corrected chi connectivity index (χ2v) is 2.44. The van der Waals surface area contributed by atoms with E-state index < -0.39 is 18.3 Å². The van der Waals surface area contributed by atoms with Gasteiger partial charge in [-0.1, -0.05) is 0 Å². The van der Waals surface area contributed by atoms with Crippen molar-refractivity contribution in [2.24, 2.45) is 0 Å². The highest BCUT2D eigenvalue weighted by Gasteiger charge is 2.04. The fourth-order valence-corrected chi connectivity index (χ4v) is 0.476. The summed E-state index contributed by atoms with van der Waals surface area (Å²) in [6.07, 6.45) is -2.86. The van der Waals surface area contributed by atoms with Gasteiger partial charge in [0.25, 0.3) is 4.51 Å². The van der Waals surface area contributed by atoms with E-state index in [1.165, 1.54) is 0 Å². The van der Waals surface area contributed by atoms with E-state index in [1.54, 1.807) is 0 Å². The number of ether oxygens (including phenoxy) is 1. The summed E-state index contributed by atoms with van der Waals surface area (Å²) in [6, 6.07) is 0. The third-order valence-electron chi connectivity index (χ3n) is 0.742. The Balaban J connectivity index is 3.56. The Hall–Kier alpha value is -0.290. The van der Waals surface area contributed by atoms with Gasteiger partial charge in [-0.15, -0.1) is 0 Å². The van der Waals surface area contributed by atoms with Crippen LogP contribution in [0.5, 0.6) is 0 Å². The topological polar surface area (TPSA) is 9.23 Å². The molecule has 0 aliphatic heterocycles. The summed E-state index contributed by atoms with van der Waals surface area (Å²) >= 11 is 9.25. The number of thiocarbonyl (C=S) groups is 1. The van der Waals surface area contributed by atoms with Crippen molar-refractivity contribution in [2.75, 3.05) is 6.61 Å². The normalized spacial score (nSPS) is 9.09.